The Morgan fingerprint density at radius 2 is 1.57 bits per heavy atom. The Morgan fingerprint density at radius 1 is 1.14 bits per heavy atom. The molecule has 0 amide bonds. The van der Waals surface area contributed by atoms with Crippen LogP contribution in [0.5, 0.6) is 0 Å². The summed E-state index contributed by atoms with van der Waals surface area (Å²) in [6.07, 6.45) is 0. The van der Waals surface area contributed by atoms with Gasteiger partial charge in [0.25, 0.3) is 0 Å². The van der Waals surface area contributed by atoms with Gasteiger partial charge in [-0.3, -0.25) is 4.79 Å². The number of allylic oxidation sites excluding steroid dienone is 1. The lowest BCUT2D eigenvalue weighted by molar-refractivity contribution is -0.135. The molecule has 1 atom stereocenters. The van der Waals surface area contributed by atoms with Crippen LogP contribution in [0.3, 0.4) is 0 Å². The predicted molar refractivity (Wildman–Crippen MR) is 56.9 cm³/mol. The quantitative estimate of drug-likeness (QED) is 0.642. The highest BCUT2D eigenvalue weighted by Gasteiger charge is 2.50. The predicted octanol–water partition coefficient (Wildman–Crippen LogP) is 2.24. The van der Waals surface area contributed by atoms with Crippen LogP contribution in [-0.4, -0.2) is 16.5 Å². The molecule has 0 aromatic rings. The number of hydrogen-bond donors (Lipinski definition) is 1. The molecule has 1 unspecified atom stereocenters. The lowest BCUT2D eigenvalue weighted by Gasteiger charge is -2.44. The molecule has 0 saturated heterocycles. The smallest absolute Gasteiger partial charge is 0.167 e. The molecule has 14 heavy (non-hydrogen) atoms. The fourth-order valence-electron chi connectivity index (χ4n) is 1.83. The Hall–Kier alpha value is -0.890. The number of aliphatic hydroxyl groups is 1. The van der Waals surface area contributed by atoms with E-state index in [4.69, 9.17) is 0 Å². The molecule has 0 bridgehead atoms. The van der Waals surface area contributed by atoms with Crippen molar-refractivity contribution in [2.24, 2.45) is 5.41 Å². The van der Waals surface area contributed by atoms with Crippen molar-refractivity contribution in [3.05, 3.63) is 23.3 Å². The molecular weight excluding hydrogens is 176 g/mol. The van der Waals surface area contributed by atoms with Crippen molar-refractivity contribution < 1.29 is 9.90 Å². The van der Waals surface area contributed by atoms with E-state index >= 15 is 0 Å². The summed E-state index contributed by atoms with van der Waals surface area (Å²) < 4.78 is 0. The third-order valence-corrected chi connectivity index (χ3v) is 3.73. The molecule has 0 fully saturated rings. The molecule has 0 saturated carbocycles. The summed E-state index contributed by atoms with van der Waals surface area (Å²) in [6.45, 7) is 12.7. The summed E-state index contributed by atoms with van der Waals surface area (Å²) in [6, 6.07) is 0. The van der Waals surface area contributed by atoms with E-state index in [1.807, 2.05) is 6.92 Å². The minimum absolute atomic E-state index is 0.00685. The van der Waals surface area contributed by atoms with E-state index in [9.17, 15) is 9.90 Å². The maximum absolute atomic E-state index is 12.0. The van der Waals surface area contributed by atoms with Crippen molar-refractivity contribution >= 4 is 5.78 Å². The topological polar surface area (TPSA) is 37.3 Å². The van der Waals surface area contributed by atoms with Gasteiger partial charge < -0.3 is 5.11 Å². The van der Waals surface area contributed by atoms with Gasteiger partial charge in [0.1, 0.15) is 0 Å². The van der Waals surface area contributed by atoms with Gasteiger partial charge in [0, 0.05) is 0 Å². The van der Waals surface area contributed by atoms with E-state index in [-0.39, 0.29) is 5.78 Å². The Morgan fingerprint density at radius 3 is 2.00 bits per heavy atom. The van der Waals surface area contributed by atoms with Gasteiger partial charge in [-0.1, -0.05) is 6.58 Å². The molecule has 0 aromatic carbocycles. The zero-order valence-corrected chi connectivity index (χ0v) is 9.56. The van der Waals surface area contributed by atoms with E-state index in [2.05, 4.69) is 6.58 Å². The highest BCUT2D eigenvalue weighted by Crippen LogP contribution is 2.45. The highest BCUT2D eigenvalue weighted by molar-refractivity contribution is 6.03. The number of hydrogen-bond acceptors (Lipinski definition) is 2. The summed E-state index contributed by atoms with van der Waals surface area (Å²) in [5.41, 5.74) is 0.256. The van der Waals surface area contributed by atoms with Gasteiger partial charge >= 0.3 is 0 Å². The third-order valence-electron chi connectivity index (χ3n) is 3.73. The summed E-state index contributed by atoms with van der Waals surface area (Å²) >= 11 is 0. The molecule has 1 aliphatic rings. The number of rotatable bonds is 0. The van der Waals surface area contributed by atoms with E-state index in [0.29, 0.717) is 11.1 Å². The second-order valence-electron chi connectivity index (χ2n) is 4.75. The standard InChI is InChI=1S/C12H18O2/c1-7-8(2)10(13)11(4,5)12(6,14)9(7)3/h14H,3H2,1-2,4-6H3. The molecule has 0 radical (unpaired) electrons. The molecule has 2 heteroatoms. The summed E-state index contributed by atoms with van der Waals surface area (Å²) in [5.74, 6) is 0.00685. The second kappa shape index (κ2) is 2.80. The molecule has 2 nitrogen and oxygen atoms in total. The highest BCUT2D eigenvalue weighted by atomic mass is 16.3. The first-order chi connectivity index (χ1) is 6.14. The van der Waals surface area contributed by atoms with Gasteiger partial charge in [-0.2, -0.15) is 0 Å². The van der Waals surface area contributed by atoms with Crippen LogP contribution in [0.15, 0.2) is 23.3 Å². The SMILES string of the molecule is C=C1C(C)=C(C)C(=O)C(C)(C)C1(C)O. The van der Waals surface area contributed by atoms with E-state index in [0.717, 1.165) is 5.57 Å². The van der Waals surface area contributed by atoms with Crippen molar-refractivity contribution in [1.82, 2.24) is 0 Å². The van der Waals surface area contributed by atoms with Crippen LogP contribution in [0.1, 0.15) is 34.6 Å². The monoisotopic (exact) mass is 194 g/mol. The Bertz CT molecular complexity index is 309. The van der Waals surface area contributed by atoms with Crippen LogP contribution >= 0.6 is 0 Å². The third kappa shape index (κ3) is 1.10. The molecule has 0 heterocycles. The minimum atomic E-state index is -1.15. The normalized spacial score (nSPS) is 32.4. The molecule has 1 N–H and O–H groups in total. The van der Waals surface area contributed by atoms with E-state index < -0.39 is 11.0 Å². The van der Waals surface area contributed by atoms with Crippen molar-refractivity contribution in [2.75, 3.05) is 0 Å². The van der Waals surface area contributed by atoms with E-state index in [1.165, 1.54) is 0 Å². The molecule has 0 aromatic heterocycles. The first kappa shape index (κ1) is 11.2. The van der Waals surface area contributed by atoms with Crippen LogP contribution in [0.4, 0.5) is 0 Å². The first-order valence-corrected chi connectivity index (χ1v) is 4.78. The van der Waals surface area contributed by atoms with Crippen LogP contribution < -0.4 is 0 Å². The lowest BCUT2D eigenvalue weighted by atomic mass is 9.62. The van der Waals surface area contributed by atoms with Gasteiger partial charge in [-0.15, -0.1) is 0 Å². The van der Waals surface area contributed by atoms with Crippen LogP contribution in [0.2, 0.25) is 0 Å². The van der Waals surface area contributed by atoms with Crippen LogP contribution in [-0.2, 0) is 4.79 Å². The molecule has 0 aliphatic heterocycles. The van der Waals surface area contributed by atoms with E-state index in [1.54, 1.807) is 27.7 Å². The summed E-state index contributed by atoms with van der Waals surface area (Å²) in [5, 5.41) is 10.3. The van der Waals surface area contributed by atoms with Gasteiger partial charge in [0.2, 0.25) is 0 Å². The average molecular weight is 194 g/mol. The zero-order valence-electron chi connectivity index (χ0n) is 9.56. The van der Waals surface area contributed by atoms with Gasteiger partial charge in [-0.05, 0) is 51.3 Å². The van der Waals surface area contributed by atoms with Crippen LogP contribution in [0, 0.1) is 5.41 Å². The Labute approximate surface area is 85.3 Å². The van der Waals surface area contributed by atoms with Crippen molar-refractivity contribution in [3.63, 3.8) is 0 Å². The molecule has 0 spiro atoms. The Balaban J connectivity index is 3.47. The van der Waals surface area contributed by atoms with Gasteiger partial charge in [0.05, 0.1) is 11.0 Å². The van der Waals surface area contributed by atoms with Crippen molar-refractivity contribution in [3.8, 4) is 0 Å². The molecule has 1 aliphatic carbocycles. The largest absolute Gasteiger partial charge is 0.384 e. The van der Waals surface area contributed by atoms with Crippen molar-refractivity contribution in [1.29, 1.82) is 0 Å². The number of carbonyl (C=O) groups is 1. The zero-order chi connectivity index (χ0) is 11.3. The average Bonchev–Trinajstić information content (AvgIpc) is 2.10. The first-order valence-electron chi connectivity index (χ1n) is 4.78. The minimum Gasteiger partial charge on any atom is -0.384 e. The maximum Gasteiger partial charge on any atom is 0.167 e. The fraction of sp³-hybridized carbons (Fsp3) is 0.583. The molecular formula is C12H18O2. The number of ketones is 1. The van der Waals surface area contributed by atoms with Crippen molar-refractivity contribution in [2.45, 2.75) is 40.2 Å². The lowest BCUT2D eigenvalue weighted by Crippen LogP contribution is -2.52. The fourth-order valence-corrected chi connectivity index (χ4v) is 1.83. The number of Topliss-reactive ketones (excluding diaryl/α,β-unsaturated/α-hetero) is 1. The maximum atomic E-state index is 12.0. The second-order valence-corrected chi connectivity index (χ2v) is 4.75. The molecule has 78 valence electrons. The van der Waals surface area contributed by atoms with Gasteiger partial charge in [0.15, 0.2) is 5.78 Å². The number of carbonyl (C=O) groups excluding carboxylic acids is 1. The summed E-state index contributed by atoms with van der Waals surface area (Å²) in [7, 11) is 0. The van der Waals surface area contributed by atoms with Gasteiger partial charge in [-0.25, -0.2) is 0 Å². The Kier molecular flexibility index (Phi) is 2.24. The van der Waals surface area contributed by atoms with Crippen LogP contribution in [0.25, 0.3) is 0 Å². The summed E-state index contributed by atoms with van der Waals surface area (Å²) in [4.78, 5) is 12.0. The molecule has 1 rings (SSSR count).